The molecule has 0 unspecified atom stereocenters. The van der Waals surface area contributed by atoms with E-state index in [9.17, 15) is 14.4 Å². The summed E-state index contributed by atoms with van der Waals surface area (Å²) < 4.78 is 1.44. The van der Waals surface area contributed by atoms with E-state index in [4.69, 9.17) is 0 Å². The first-order valence-corrected chi connectivity index (χ1v) is 9.10. The van der Waals surface area contributed by atoms with E-state index in [0.29, 0.717) is 24.4 Å². The largest absolute Gasteiger partial charge is 0.327 e. The van der Waals surface area contributed by atoms with E-state index in [-0.39, 0.29) is 12.1 Å². The van der Waals surface area contributed by atoms with E-state index in [2.05, 4.69) is 4.98 Å². The Balaban J connectivity index is 1.58. The number of hydrogen-bond donors (Lipinski definition) is 0. The van der Waals surface area contributed by atoms with Crippen LogP contribution in [0.3, 0.4) is 0 Å². The average Bonchev–Trinajstić information content (AvgIpc) is 2.68. The molecular weight excluding hydrogens is 356 g/mol. The third-order valence-corrected chi connectivity index (χ3v) is 5.15. The monoisotopic (exact) mass is 376 g/mol. The van der Waals surface area contributed by atoms with Gasteiger partial charge in [-0.1, -0.05) is 18.2 Å². The number of aryl methyl sites for hydroxylation is 1. The number of pyridine rings is 1. The molecule has 0 atom stereocenters. The fourth-order valence-corrected chi connectivity index (χ4v) is 3.46. The van der Waals surface area contributed by atoms with Crippen LogP contribution in [0.1, 0.15) is 16.8 Å². The fraction of sp³-hybridized carbons (Fsp3) is 0.238. The fourth-order valence-electron chi connectivity index (χ4n) is 3.46. The number of carbonyl (C=O) groups is 2. The van der Waals surface area contributed by atoms with Gasteiger partial charge in [-0.25, -0.2) is 4.98 Å². The topological polar surface area (TPSA) is 75.0 Å². The van der Waals surface area contributed by atoms with Crippen LogP contribution in [0.25, 0.3) is 5.65 Å². The van der Waals surface area contributed by atoms with Crippen molar-refractivity contribution in [2.24, 2.45) is 0 Å². The number of fused-ring (bicyclic) bond motifs is 1. The van der Waals surface area contributed by atoms with Crippen molar-refractivity contribution >= 4 is 23.1 Å². The summed E-state index contributed by atoms with van der Waals surface area (Å²) in [6.07, 6.45) is 1.64. The zero-order valence-corrected chi connectivity index (χ0v) is 15.8. The lowest BCUT2D eigenvalue weighted by Gasteiger charge is -2.34. The number of nitrogens with zero attached hydrogens (tertiary/aromatic N) is 4. The summed E-state index contributed by atoms with van der Waals surface area (Å²) in [7, 11) is 0. The molecule has 1 fully saturated rings. The van der Waals surface area contributed by atoms with Gasteiger partial charge < -0.3 is 9.80 Å². The van der Waals surface area contributed by atoms with Crippen molar-refractivity contribution in [3.63, 3.8) is 0 Å². The van der Waals surface area contributed by atoms with Crippen LogP contribution < -0.4 is 10.5 Å². The van der Waals surface area contributed by atoms with Crippen LogP contribution in [0.2, 0.25) is 0 Å². The van der Waals surface area contributed by atoms with Gasteiger partial charge in [0.1, 0.15) is 5.65 Å². The highest BCUT2D eigenvalue weighted by atomic mass is 16.2. The molecule has 0 spiro atoms. The molecule has 0 bridgehead atoms. The molecule has 0 radical (unpaired) electrons. The van der Waals surface area contributed by atoms with Crippen molar-refractivity contribution in [1.82, 2.24) is 14.3 Å². The van der Waals surface area contributed by atoms with E-state index in [1.165, 1.54) is 20.3 Å². The second kappa shape index (κ2) is 6.92. The predicted molar refractivity (Wildman–Crippen MR) is 105 cm³/mol. The third-order valence-electron chi connectivity index (χ3n) is 5.15. The van der Waals surface area contributed by atoms with Crippen LogP contribution >= 0.6 is 0 Å². The van der Waals surface area contributed by atoms with Gasteiger partial charge in [-0.15, -0.1) is 0 Å². The molecule has 0 saturated carbocycles. The van der Waals surface area contributed by atoms with Gasteiger partial charge in [0, 0.05) is 31.0 Å². The van der Waals surface area contributed by atoms with Gasteiger partial charge in [0.15, 0.2) is 0 Å². The molecule has 2 amide bonds. The molecule has 1 aliphatic rings. The summed E-state index contributed by atoms with van der Waals surface area (Å²) in [5.74, 6) is -1.14. The zero-order chi connectivity index (χ0) is 19.8. The second-order valence-corrected chi connectivity index (χ2v) is 6.92. The van der Waals surface area contributed by atoms with E-state index in [0.717, 1.165) is 16.8 Å². The number of aromatic nitrogens is 2. The van der Waals surface area contributed by atoms with Crippen molar-refractivity contribution in [3.8, 4) is 0 Å². The maximum absolute atomic E-state index is 12.7. The van der Waals surface area contributed by atoms with Crippen molar-refractivity contribution in [3.05, 3.63) is 75.8 Å². The maximum atomic E-state index is 12.7. The van der Waals surface area contributed by atoms with Crippen LogP contribution in [0.5, 0.6) is 0 Å². The number of piperazine rings is 1. The summed E-state index contributed by atoms with van der Waals surface area (Å²) in [6.45, 7) is 4.84. The summed E-state index contributed by atoms with van der Waals surface area (Å²) in [6, 6.07) is 12.4. The van der Waals surface area contributed by atoms with Gasteiger partial charge in [0.25, 0.3) is 5.56 Å². The van der Waals surface area contributed by atoms with Gasteiger partial charge in [0.2, 0.25) is 0 Å². The van der Waals surface area contributed by atoms with Crippen molar-refractivity contribution in [2.75, 3.05) is 18.0 Å². The summed E-state index contributed by atoms with van der Waals surface area (Å²) in [4.78, 5) is 45.1. The van der Waals surface area contributed by atoms with Gasteiger partial charge in [0.05, 0.1) is 12.2 Å². The van der Waals surface area contributed by atoms with E-state index in [1.807, 2.05) is 32.0 Å². The Kier molecular flexibility index (Phi) is 4.43. The molecule has 3 aromatic rings. The molecule has 4 rings (SSSR count). The highest BCUT2D eigenvalue weighted by Gasteiger charge is 2.34. The molecule has 2 aromatic heterocycles. The Labute approximate surface area is 161 Å². The van der Waals surface area contributed by atoms with Crippen LogP contribution in [-0.4, -0.2) is 39.2 Å². The molecule has 3 heterocycles. The number of benzene rings is 1. The Morgan fingerprint density at radius 2 is 1.79 bits per heavy atom. The Morgan fingerprint density at radius 3 is 2.61 bits per heavy atom. The maximum Gasteiger partial charge on any atom is 0.316 e. The number of rotatable bonds is 3. The van der Waals surface area contributed by atoms with E-state index < -0.39 is 11.8 Å². The Morgan fingerprint density at radius 1 is 0.964 bits per heavy atom. The van der Waals surface area contributed by atoms with Gasteiger partial charge in [-0.2, -0.15) is 0 Å². The summed E-state index contributed by atoms with van der Waals surface area (Å²) in [5, 5.41) is 0. The Hall–Kier alpha value is -3.48. The average molecular weight is 376 g/mol. The van der Waals surface area contributed by atoms with Crippen LogP contribution in [0.4, 0.5) is 5.69 Å². The molecule has 7 heteroatoms. The minimum atomic E-state index is -0.581. The highest BCUT2D eigenvalue weighted by Crippen LogP contribution is 2.25. The molecule has 7 nitrogen and oxygen atoms in total. The number of carbonyl (C=O) groups excluding carboxylic acids is 2. The highest BCUT2D eigenvalue weighted by molar-refractivity contribution is 6.41. The lowest BCUT2D eigenvalue weighted by atomic mass is 10.1. The molecule has 0 N–H and O–H groups in total. The molecule has 1 aliphatic heterocycles. The van der Waals surface area contributed by atoms with Crippen LogP contribution in [0, 0.1) is 13.8 Å². The van der Waals surface area contributed by atoms with E-state index >= 15 is 0 Å². The van der Waals surface area contributed by atoms with E-state index in [1.54, 1.807) is 24.4 Å². The quantitative estimate of drug-likeness (QED) is 0.652. The Bertz CT molecular complexity index is 1150. The minimum Gasteiger partial charge on any atom is -0.327 e. The molecule has 142 valence electrons. The molecular formula is C21H20N4O3. The predicted octanol–water partition coefficient (Wildman–Crippen LogP) is 1.69. The summed E-state index contributed by atoms with van der Waals surface area (Å²) >= 11 is 0. The molecule has 0 aliphatic carbocycles. The van der Waals surface area contributed by atoms with Crippen LogP contribution in [-0.2, 0) is 16.1 Å². The van der Waals surface area contributed by atoms with Crippen LogP contribution in [0.15, 0.2) is 53.5 Å². The smallest absolute Gasteiger partial charge is 0.316 e. The second-order valence-electron chi connectivity index (χ2n) is 6.92. The number of amides is 2. The zero-order valence-electron chi connectivity index (χ0n) is 15.8. The standard InChI is InChI=1S/C21H20N4O3/c1-14-6-5-7-17(15(14)2)24-11-10-23(20(27)21(24)28)13-16-12-19(26)25-9-4-3-8-18(25)22-16/h3-9,12H,10-11,13H2,1-2H3. The minimum absolute atomic E-state index is 0.131. The lowest BCUT2D eigenvalue weighted by molar-refractivity contribution is -0.146. The third kappa shape index (κ3) is 3.05. The lowest BCUT2D eigenvalue weighted by Crippen LogP contribution is -2.54. The first-order valence-electron chi connectivity index (χ1n) is 9.10. The molecule has 1 aromatic carbocycles. The number of anilines is 1. The van der Waals surface area contributed by atoms with Crippen molar-refractivity contribution in [2.45, 2.75) is 20.4 Å². The number of hydrogen-bond acceptors (Lipinski definition) is 4. The SMILES string of the molecule is Cc1cccc(N2CCN(Cc3cc(=O)n4ccccc4n3)C(=O)C2=O)c1C. The molecule has 1 saturated heterocycles. The van der Waals surface area contributed by atoms with Gasteiger partial charge in [-0.3, -0.25) is 18.8 Å². The first kappa shape index (κ1) is 17.9. The molecule has 28 heavy (non-hydrogen) atoms. The van der Waals surface area contributed by atoms with Crippen molar-refractivity contribution < 1.29 is 9.59 Å². The normalized spacial score (nSPS) is 14.8. The van der Waals surface area contributed by atoms with Gasteiger partial charge in [-0.05, 0) is 43.2 Å². The summed E-state index contributed by atoms with van der Waals surface area (Å²) in [5.41, 5.74) is 3.59. The van der Waals surface area contributed by atoms with Gasteiger partial charge >= 0.3 is 11.8 Å². The first-order chi connectivity index (χ1) is 13.5. The van der Waals surface area contributed by atoms with Crippen molar-refractivity contribution in [1.29, 1.82) is 0 Å².